The molecule has 0 spiro atoms. The minimum atomic E-state index is 0.988. The van der Waals surface area contributed by atoms with Crippen LogP contribution in [-0.2, 0) is 13.1 Å². The van der Waals surface area contributed by atoms with Gasteiger partial charge in [-0.2, -0.15) is 9.13 Å². The molecule has 0 saturated carbocycles. The maximum absolute atomic E-state index is 2.37. The van der Waals surface area contributed by atoms with E-state index in [1.165, 1.54) is 33.6 Å². The summed E-state index contributed by atoms with van der Waals surface area (Å²) in [6.45, 7) is 1.98. The van der Waals surface area contributed by atoms with Crippen molar-refractivity contribution in [1.29, 1.82) is 0 Å². The fourth-order valence-electron chi connectivity index (χ4n) is 3.48. The third kappa shape index (κ3) is 1.23. The van der Waals surface area contributed by atoms with Crippen LogP contribution in [0.25, 0.3) is 22.5 Å². The normalized spacial score (nSPS) is 13.6. The summed E-state index contributed by atoms with van der Waals surface area (Å²) in [5, 5.41) is 0. The molecule has 2 nitrogen and oxygen atoms in total. The van der Waals surface area contributed by atoms with Crippen molar-refractivity contribution in [3.63, 3.8) is 0 Å². The number of nitrogens with zero attached hydrogens (tertiary/aromatic N) is 2. The average molecular weight is 258 g/mol. The van der Waals surface area contributed by atoms with Crippen LogP contribution in [0.2, 0.25) is 0 Å². The molecule has 2 aliphatic rings. The molecule has 0 N–H and O–H groups in total. The summed E-state index contributed by atoms with van der Waals surface area (Å²) >= 11 is 0. The highest BCUT2D eigenvalue weighted by Gasteiger charge is 2.35. The number of aromatic nitrogens is 2. The zero-order valence-electron chi connectivity index (χ0n) is 11.1. The number of benzene rings is 2. The number of hydrogen-bond acceptors (Lipinski definition) is 0. The lowest BCUT2D eigenvalue weighted by molar-refractivity contribution is -0.722. The van der Waals surface area contributed by atoms with Gasteiger partial charge in [0.25, 0.3) is 11.4 Å². The van der Waals surface area contributed by atoms with E-state index in [4.69, 9.17) is 0 Å². The summed E-state index contributed by atoms with van der Waals surface area (Å²) in [5.74, 6) is 0. The SMILES string of the molecule is c1ccc2c(c1)C[n+]1cc3[n+](cc1-2)Cc1ccccc1-3. The molecular formula is C18H14N2+2. The summed E-state index contributed by atoms with van der Waals surface area (Å²) in [4.78, 5) is 0. The van der Waals surface area contributed by atoms with Crippen molar-refractivity contribution in [2.75, 3.05) is 0 Å². The van der Waals surface area contributed by atoms with Crippen molar-refractivity contribution < 1.29 is 9.13 Å². The Bertz CT molecular complexity index is 792. The Kier molecular flexibility index (Phi) is 1.83. The standard InChI is InChI=1S/C18H14N2/c1-3-7-15-13(5-1)9-19-12-18-16-8-4-2-6-14(16)10-20(18)11-17(15)19/h1-8,11-12H,9-10H2/q+2. The van der Waals surface area contributed by atoms with Gasteiger partial charge in [-0.15, -0.1) is 0 Å². The minimum absolute atomic E-state index is 0.988. The van der Waals surface area contributed by atoms with E-state index in [0.717, 1.165) is 13.1 Å². The van der Waals surface area contributed by atoms with Crippen LogP contribution in [0, 0.1) is 0 Å². The van der Waals surface area contributed by atoms with E-state index in [1.54, 1.807) is 0 Å². The van der Waals surface area contributed by atoms with Crippen molar-refractivity contribution in [1.82, 2.24) is 0 Å². The Morgan fingerprint density at radius 3 is 1.55 bits per heavy atom. The molecule has 1 aromatic heterocycles. The summed E-state index contributed by atoms with van der Waals surface area (Å²) in [6.07, 6.45) is 4.61. The monoisotopic (exact) mass is 258 g/mol. The third-order valence-electron chi connectivity index (χ3n) is 4.44. The quantitative estimate of drug-likeness (QED) is 0.377. The average Bonchev–Trinajstić information content (AvgIpc) is 3.02. The van der Waals surface area contributed by atoms with E-state index in [0.29, 0.717) is 0 Å². The Hall–Kier alpha value is -2.48. The molecule has 20 heavy (non-hydrogen) atoms. The second kappa shape index (κ2) is 3.54. The molecule has 0 amide bonds. The van der Waals surface area contributed by atoms with Crippen LogP contribution < -0.4 is 9.13 Å². The zero-order valence-corrected chi connectivity index (χ0v) is 11.1. The lowest BCUT2D eigenvalue weighted by atomic mass is 10.1. The maximum Gasteiger partial charge on any atom is 0.277 e. The largest absolute Gasteiger partial charge is 0.277 e. The molecule has 3 heterocycles. The number of fused-ring (bicyclic) bond motifs is 6. The second-order valence-corrected chi connectivity index (χ2v) is 5.60. The van der Waals surface area contributed by atoms with Gasteiger partial charge in [-0.25, -0.2) is 0 Å². The van der Waals surface area contributed by atoms with Crippen LogP contribution in [0.5, 0.6) is 0 Å². The molecule has 2 aromatic carbocycles. The molecule has 94 valence electrons. The van der Waals surface area contributed by atoms with Crippen LogP contribution >= 0.6 is 0 Å². The van der Waals surface area contributed by atoms with Gasteiger partial charge < -0.3 is 0 Å². The molecule has 0 atom stereocenters. The summed E-state index contributed by atoms with van der Waals surface area (Å²) < 4.78 is 4.75. The van der Waals surface area contributed by atoms with Crippen LogP contribution in [0.15, 0.2) is 60.9 Å². The molecule has 0 bridgehead atoms. The van der Waals surface area contributed by atoms with E-state index in [9.17, 15) is 0 Å². The maximum atomic E-state index is 2.37. The molecule has 0 unspecified atom stereocenters. The van der Waals surface area contributed by atoms with Crippen molar-refractivity contribution >= 4 is 0 Å². The summed E-state index contributed by atoms with van der Waals surface area (Å²) in [6, 6.07) is 17.4. The van der Waals surface area contributed by atoms with E-state index in [2.05, 4.69) is 70.1 Å². The Morgan fingerprint density at radius 2 is 1.05 bits per heavy atom. The third-order valence-corrected chi connectivity index (χ3v) is 4.44. The summed E-state index contributed by atoms with van der Waals surface area (Å²) in [7, 11) is 0. The molecule has 0 radical (unpaired) electrons. The highest BCUT2D eigenvalue weighted by atomic mass is 15.1. The minimum Gasteiger partial charge on any atom is -0.183 e. The topological polar surface area (TPSA) is 7.76 Å². The molecule has 2 aliphatic heterocycles. The van der Waals surface area contributed by atoms with Crippen molar-refractivity contribution in [3.05, 3.63) is 72.1 Å². The molecular weight excluding hydrogens is 244 g/mol. The lowest BCUT2D eigenvalue weighted by Gasteiger charge is -1.95. The molecule has 0 aliphatic carbocycles. The van der Waals surface area contributed by atoms with E-state index in [-0.39, 0.29) is 0 Å². The Morgan fingerprint density at radius 1 is 0.600 bits per heavy atom. The first-order chi connectivity index (χ1) is 9.90. The van der Waals surface area contributed by atoms with Crippen LogP contribution in [0.1, 0.15) is 11.1 Å². The van der Waals surface area contributed by atoms with Gasteiger partial charge in [-0.05, 0) is 12.1 Å². The number of hydrogen-bond donors (Lipinski definition) is 0. The smallest absolute Gasteiger partial charge is 0.183 e. The first-order valence-corrected chi connectivity index (χ1v) is 7.04. The Labute approximate surface area is 117 Å². The van der Waals surface area contributed by atoms with Gasteiger partial charge in [-0.1, -0.05) is 36.4 Å². The fourth-order valence-corrected chi connectivity index (χ4v) is 3.48. The highest BCUT2D eigenvalue weighted by molar-refractivity contribution is 5.65. The van der Waals surface area contributed by atoms with Crippen LogP contribution in [0.3, 0.4) is 0 Å². The predicted molar refractivity (Wildman–Crippen MR) is 75.9 cm³/mol. The van der Waals surface area contributed by atoms with E-state index in [1.807, 2.05) is 0 Å². The first-order valence-electron chi connectivity index (χ1n) is 7.04. The van der Waals surface area contributed by atoms with Gasteiger partial charge in [0.1, 0.15) is 0 Å². The van der Waals surface area contributed by atoms with Gasteiger partial charge in [0.2, 0.25) is 12.4 Å². The van der Waals surface area contributed by atoms with E-state index >= 15 is 0 Å². The van der Waals surface area contributed by atoms with Crippen LogP contribution in [-0.4, -0.2) is 0 Å². The Balaban J connectivity index is 1.76. The lowest BCUT2D eigenvalue weighted by Crippen LogP contribution is -2.41. The molecule has 0 fully saturated rings. The molecule has 2 heteroatoms. The van der Waals surface area contributed by atoms with Gasteiger partial charge in [-0.3, -0.25) is 0 Å². The molecule has 5 rings (SSSR count). The summed E-state index contributed by atoms with van der Waals surface area (Å²) in [5.41, 5.74) is 8.25. The van der Waals surface area contributed by atoms with Crippen molar-refractivity contribution in [2.24, 2.45) is 0 Å². The number of rotatable bonds is 0. The highest BCUT2D eigenvalue weighted by Crippen LogP contribution is 2.29. The van der Waals surface area contributed by atoms with Crippen molar-refractivity contribution in [2.45, 2.75) is 13.1 Å². The molecule has 0 saturated heterocycles. The van der Waals surface area contributed by atoms with Gasteiger partial charge in [0.05, 0.1) is 11.1 Å². The van der Waals surface area contributed by atoms with Gasteiger partial charge in [0, 0.05) is 11.1 Å². The van der Waals surface area contributed by atoms with Crippen LogP contribution in [0.4, 0.5) is 0 Å². The first kappa shape index (κ1) is 10.3. The molecule has 3 aromatic rings. The second-order valence-electron chi connectivity index (χ2n) is 5.60. The van der Waals surface area contributed by atoms with Gasteiger partial charge in [0.15, 0.2) is 13.1 Å². The predicted octanol–water partition coefficient (Wildman–Crippen LogP) is 2.32. The fraction of sp³-hybridized carbons (Fsp3) is 0.111. The van der Waals surface area contributed by atoms with Crippen molar-refractivity contribution in [3.8, 4) is 22.5 Å². The zero-order chi connectivity index (χ0) is 13.1. The van der Waals surface area contributed by atoms with E-state index < -0.39 is 0 Å². The van der Waals surface area contributed by atoms with Gasteiger partial charge >= 0.3 is 0 Å².